The Kier molecular flexibility index (Phi) is 8.75. The van der Waals surface area contributed by atoms with Gasteiger partial charge in [0.1, 0.15) is 17.2 Å². The van der Waals surface area contributed by atoms with Gasteiger partial charge < -0.3 is 24.3 Å². The maximum absolute atomic E-state index is 13.2. The Morgan fingerprint density at radius 3 is 2.20 bits per heavy atom. The van der Waals surface area contributed by atoms with Crippen LogP contribution in [0.25, 0.3) is 10.8 Å². The molecule has 4 rings (SSSR count). The van der Waals surface area contributed by atoms with Gasteiger partial charge in [0.15, 0.2) is 13.2 Å². The van der Waals surface area contributed by atoms with Gasteiger partial charge in [-0.05, 0) is 59.3 Å². The first-order valence-electron chi connectivity index (χ1n) is 12.1. The Hall–Kier alpha value is -4.77. The fraction of sp³-hybridized carbons (Fsp3) is 0.172. The molecule has 40 heavy (non-hydrogen) atoms. The van der Waals surface area contributed by atoms with Gasteiger partial charge in [-0.15, -0.1) is 0 Å². The highest BCUT2D eigenvalue weighted by molar-refractivity contribution is 7.92. The molecule has 0 aliphatic rings. The van der Waals surface area contributed by atoms with Crippen LogP contribution in [0.4, 0.5) is 11.4 Å². The second-order valence-electron chi connectivity index (χ2n) is 8.54. The van der Waals surface area contributed by atoms with E-state index in [1.807, 2.05) is 24.3 Å². The molecule has 208 valence electrons. The molecule has 0 aliphatic carbocycles. The zero-order valence-corrected chi connectivity index (χ0v) is 22.9. The molecule has 1 amide bonds. The summed E-state index contributed by atoms with van der Waals surface area (Å²) in [5.74, 6) is -0.0662. The third-order valence-corrected chi connectivity index (χ3v) is 7.76. The summed E-state index contributed by atoms with van der Waals surface area (Å²) in [6.07, 6.45) is 0. The van der Waals surface area contributed by atoms with E-state index in [2.05, 4.69) is 5.32 Å². The predicted molar refractivity (Wildman–Crippen MR) is 151 cm³/mol. The molecule has 4 aromatic carbocycles. The summed E-state index contributed by atoms with van der Waals surface area (Å²) in [7, 11) is 0.616. The average molecular weight is 565 g/mol. The van der Waals surface area contributed by atoms with E-state index in [1.165, 1.54) is 37.7 Å². The largest absolute Gasteiger partial charge is 0.497 e. The number of carbonyl (C=O) groups excluding carboxylic acids is 2. The zero-order valence-electron chi connectivity index (χ0n) is 22.1. The van der Waals surface area contributed by atoms with Crippen molar-refractivity contribution in [3.63, 3.8) is 0 Å². The Morgan fingerprint density at radius 2 is 1.50 bits per heavy atom. The lowest BCUT2D eigenvalue weighted by atomic mass is 10.1. The SMILES string of the molecule is COc1ccc(OC)c(NC(=O)COC(=O)COc2ccc(N(C)S(=O)(=O)c3ccc4ccccc4c3)cc2)c1. The minimum Gasteiger partial charge on any atom is -0.497 e. The van der Waals surface area contributed by atoms with Gasteiger partial charge >= 0.3 is 5.97 Å². The Labute approximate surface area is 232 Å². The number of hydrogen-bond donors (Lipinski definition) is 1. The molecule has 10 nitrogen and oxygen atoms in total. The van der Waals surface area contributed by atoms with Crippen molar-refractivity contribution in [2.75, 3.05) is 44.1 Å². The van der Waals surface area contributed by atoms with Gasteiger partial charge in [0.25, 0.3) is 15.9 Å². The summed E-state index contributed by atoms with van der Waals surface area (Å²) >= 11 is 0. The van der Waals surface area contributed by atoms with Crippen LogP contribution in [0.1, 0.15) is 0 Å². The monoisotopic (exact) mass is 564 g/mol. The summed E-state index contributed by atoms with van der Waals surface area (Å²) < 4.78 is 48.3. The van der Waals surface area contributed by atoms with E-state index in [1.54, 1.807) is 48.5 Å². The molecule has 4 aromatic rings. The van der Waals surface area contributed by atoms with Crippen molar-refractivity contribution in [3.05, 3.63) is 84.9 Å². The molecular formula is C29H28N2O8S. The van der Waals surface area contributed by atoms with Crippen molar-refractivity contribution < 1.29 is 37.0 Å². The lowest BCUT2D eigenvalue weighted by Gasteiger charge is -2.20. The van der Waals surface area contributed by atoms with Gasteiger partial charge in [-0.1, -0.05) is 30.3 Å². The second-order valence-corrected chi connectivity index (χ2v) is 10.5. The summed E-state index contributed by atoms with van der Waals surface area (Å²) in [6.45, 7) is -0.973. The quantitative estimate of drug-likeness (QED) is 0.269. The summed E-state index contributed by atoms with van der Waals surface area (Å²) in [5.41, 5.74) is 0.777. The maximum atomic E-state index is 13.2. The number of nitrogens with one attached hydrogen (secondary N) is 1. The number of methoxy groups -OCH3 is 2. The van der Waals surface area contributed by atoms with E-state index >= 15 is 0 Å². The first-order valence-corrected chi connectivity index (χ1v) is 13.5. The number of hydrogen-bond acceptors (Lipinski definition) is 8. The minimum atomic E-state index is -3.80. The first-order chi connectivity index (χ1) is 19.2. The molecule has 0 unspecified atom stereocenters. The molecule has 0 heterocycles. The molecule has 1 N–H and O–H groups in total. The number of amides is 1. The van der Waals surface area contributed by atoms with Gasteiger partial charge in [0.05, 0.1) is 30.5 Å². The maximum Gasteiger partial charge on any atom is 0.344 e. The van der Waals surface area contributed by atoms with Crippen LogP contribution in [0.15, 0.2) is 89.8 Å². The highest BCUT2D eigenvalue weighted by Crippen LogP contribution is 2.29. The van der Waals surface area contributed by atoms with E-state index in [0.29, 0.717) is 28.6 Å². The van der Waals surface area contributed by atoms with E-state index in [4.69, 9.17) is 18.9 Å². The standard InChI is InChI=1S/C29H28N2O8S/c1-31(40(34,35)25-14-8-20-6-4-5-7-21(20)16-25)22-9-11-23(12-10-22)38-19-29(33)39-18-28(32)30-26-17-24(36-2)13-15-27(26)37-3/h4-17H,18-19H2,1-3H3,(H,30,32). The number of carbonyl (C=O) groups is 2. The molecule has 0 saturated heterocycles. The lowest BCUT2D eigenvalue weighted by molar-refractivity contribution is -0.149. The summed E-state index contributed by atoms with van der Waals surface area (Å²) in [5, 5.41) is 4.37. The van der Waals surface area contributed by atoms with Gasteiger partial charge in [-0.2, -0.15) is 0 Å². The Morgan fingerprint density at radius 1 is 0.800 bits per heavy atom. The molecule has 0 fully saturated rings. The number of esters is 1. The topological polar surface area (TPSA) is 120 Å². The number of fused-ring (bicyclic) bond motifs is 1. The number of rotatable bonds is 11. The second kappa shape index (κ2) is 12.4. The van der Waals surface area contributed by atoms with E-state index < -0.39 is 35.1 Å². The van der Waals surface area contributed by atoms with Crippen molar-refractivity contribution in [1.29, 1.82) is 0 Å². The van der Waals surface area contributed by atoms with Crippen LogP contribution in [0, 0.1) is 0 Å². The van der Waals surface area contributed by atoms with Gasteiger partial charge in [0, 0.05) is 13.1 Å². The van der Waals surface area contributed by atoms with Crippen LogP contribution < -0.4 is 23.8 Å². The van der Waals surface area contributed by atoms with E-state index in [9.17, 15) is 18.0 Å². The molecule has 0 bridgehead atoms. The predicted octanol–water partition coefficient (Wildman–Crippen LogP) is 4.24. The third kappa shape index (κ3) is 6.62. The molecule has 0 spiro atoms. The fourth-order valence-electron chi connectivity index (χ4n) is 3.81. The van der Waals surface area contributed by atoms with Gasteiger partial charge in [0.2, 0.25) is 0 Å². The highest BCUT2D eigenvalue weighted by Gasteiger charge is 2.22. The number of anilines is 2. The summed E-state index contributed by atoms with van der Waals surface area (Å²) in [6, 6.07) is 23.6. The molecule has 0 aliphatic heterocycles. The smallest absolute Gasteiger partial charge is 0.344 e. The van der Waals surface area contributed by atoms with Crippen molar-refractivity contribution >= 4 is 44.0 Å². The number of ether oxygens (including phenoxy) is 4. The minimum absolute atomic E-state index is 0.172. The number of benzene rings is 4. The zero-order chi connectivity index (χ0) is 28.7. The third-order valence-electron chi connectivity index (χ3n) is 5.98. The molecular weight excluding hydrogens is 536 g/mol. The number of nitrogens with zero attached hydrogens (tertiary/aromatic N) is 1. The first kappa shape index (κ1) is 28.2. The van der Waals surface area contributed by atoms with Crippen LogP contribution in [0.5, 0.6) is 17.2 Å². The highest BCUT2D eigenvalue weighted by atomic mass is 32.2. The van der Waals surface area contributed by atoms with Crippen molar-refractivity contribution in [2.24, 2.45) is 0 Å². The fourth-order valence-corrected chi connectivity index (χ4v) is 5.04. The van der Waals surface area contributed by atoms with Crippen LogP contribution in [-0.2, 0) is 24.3 Å². The lowest BCUT2D eigenvalue weighted by Crippen LogP contribution is -2.26. The Balaban J connectivity index is 1.29. The van der Waals surface area contributed by atoms with Crippen LogP contribution >= 0.6 is 0 Å². The van der Waals surface area contributed by atoms with E-state index in [-0.39, 0.29) is 4.90 Å². The number of sulfonamides is 1. The average Bonchev–Trinajstić information content (AvgIpc) is 2.98. The molecule has 0 radical (unpaired) electrons. The van der Waals surface area contributed by atoms with Crippen LogP contribution in [0.2, 0.25) is 0 Å². The van der Waals surface area contributed by atoms with Crippen LogP contribution in [-0.4, -0.2) is 54.8 Å². The van der Waals surface area contributed by atoms with Crippen molar-refractivity contribution in [3.8, 4) is 17.2 Å². The van der Waals surface area contributed by atoms with Crippen molar-refractivity contribution in [2.45, 2.75) is 4.90 Å². The van der Waals surface area contributed by atoms with E-state index in [0.717, 1.165) is 10.8 Å². The molecule has 0 aromatic heterocycles. The molecule has 11 heteroatoms. The normalized spacial score (nSPS) is 11.0. The van der Waals surface area contributed by atoms with Gasteiger partial charge in [-0.3, -0.25) is 9.10 Å². The van der Waals surface area contributed by atoms with Crippen molar-refractivity contribution in [1.82, 2.24) is 0 Å². The summed E-state index contributed by atoms with van der Waals surface area (Å²) in [4.78, 5) is 24.5. The molecule has 0 atom stereocenters. The van der Waals surface area contributed by atoms with Gasteiger partial charge in [-0.25, -0.2) is 13.2 Å². The Bertz CT molecular complexity index is 1620. The van der Waals surface area contributed by atoms with Crippen LogP contribution in [0.3, 0.4) is 0 Å². The molecule has 0 saturated carbocycles.